The molecule has 1 amide bonds. The van der Waals surface area contributed by atoms with Crippen LogP contribution in [0.1, 0.15) is 20.8 Å². The second kappa shape index (κ2) is 6.83. The number of carbonyl (C=O) groups is 2. The van der Waals surface area contributed by atoms with Gasteiger partial charge >= 0.3 is 5.97 Å². The molecule has 0 spiro atoms. The van der Waals surface area contributed by atoms with Gasteiger partial charge in [0.2, 0.25) is 0 Å². The third-order valence-corrected chi connectivity index (χ3v) is 3.27. The van der Waals surface area contributed by atoms with Crippen LogP contribution < -0.4 is 5.32 Å². The number of amides is 1. The molecule has 0 aliphatic rings. The molecule has 0 radical (unpaired) electrons. The number of hydrogen-bond donors (Lipinski definition) is 1. The molecule has 2 aromatic rings. The summed E-state index contributed by atoms with van der Waals surface area (Å²) in [6, 6.07) is 7.35. The molecule has 6 nitrogen and oxygen atoms in total. The van der Waals surface area contributed by atoms with Crippen molar-refractivity contribution in [2.45, 2.75) is 31.5 Å². The first-order valence-corrected chi connectivity index (χ1v) is 7.77. The summed E-state index contributed by atoms with van der Waals surface area (Å²) in [6.45, 7) is 5.28. The van der Waals surface area contributed by atoms with Crippen molar-refractivity contribution in [3.05, 3.63) is 24.3 Å². The fourth-order valence-electron chi connectivity index (χ4n) is 1.68. The van der Waals surface area contributed by atoms with Crippen LogP contribution >= 0.6 is 11.8 Å². The zero-order valence-corrected chi connectivity index (χ0v) is 13.5. The number of nitrogens with one attached hydrogen (secondary N) is 1. The monoisotopic (exact) mass is 322 g/mol. The Hall–Kier alpha value is -2.02. The number of aromatic nitrogens is 1. The molecule has 0 unspecified atom stereocenters. The van der Waals surface area contributed by atoms with Gasteiger partial charge in [-0.1, -0.05) is 23.9 Å². The van der Waals surface area contributed by atoms with Crippen LogP contribution in [0.4, 0.5) is 0 Å². The van der Waals surface area contributed by atoms with Crippen LogP contribution in [-0.4, -0.2) is 34.8 Å². The normalized spacial score (nSPS) is 11.4. The minimum Gasteiger partial charge on any atom is -0.455 e. The number of rotatable bonds is 5. The van der Waals surface area contributed by atoms with Crippen LogP contribution in [0.5, 0.6) is 0 Å². The molecule has 0 saturated carbocycles. The molecule has 1 aromatic heterocycles. The van der Waals surface area contributed by atoms with E-state index in [-0.39, 0.29) is 23.8 Å². The van der Waals surface area contributed by atoms with Crippen molar-refractivity contribution >= 4 is 34.7 Å². The lowest BCUT2D eigenvalue weighted by Crippen LogP contribution is -2.42. The van der Waals surface area contributed by atoms with Crippen LogP contribution in [0, 0.1) is 0 Å². The second-order valence-corrected chi connectivity index (χ2v) is 6.62. The van der Waals surface area contributed by atoms with Crippen molar-refractivity contribution in [2.75, 3.05) is 12.4 Å². The number of para-hydroxylation sites is 2. The zero-order valence-electron chi connectivity index (χ0n) is 12.7. The molecule has 1 aromatic carbocycles. The van der Waals surface area contributed by atoms with Gasteiger partial charge in [-0.25, -0.2) is 4.98 Å². The van der Waals surface area contributed by atoms with Crippen molar-refractivity contribution in [1.82, 2.24) is 10.3 Å². The Balaban J connectivity index is 1.77. The summed E-state index contributed by atoms with van der Waals surface area (Å²) in [6.07, 6.45) is 0. The first-order valence-electron chi connectivity index (χ1n) is 6.78. The van der Waals surface area contributed by atoms with Gasteiger partial charge in [-0.05, 0) is 32.9 Å². The summed E-state index contributed by atoms with van der Waals surface area (Å²) in [5.41, 5.74) is 1.06. The van der Waals surface area contributed by atoms with Gasteiger partial charge in [-0.15, -0.1) is 0 Å². The summed E-state index contributed by atoms with van der Waals surface area (Å²) in [4.78, 5) is 27.4. The number of hydrogen-bond acceptors (Lipinski definition) is 6. The van der Waals surface area contributed by atoms with Gasteiger partial charge in [0.1, 0.15) is 11.3 Å². The standard InChI is InChI=1S/C15H18N2O4S/c1-15(2,3)17-12(18)8-20-13(19)9-22-14-16-10-6-4-5-7-11(10)21-14/h4-7H,8-9H2,1-3H3,(H,17,18). The van der Waals surface area contributed by atoms with Gasteiger partial charge < -0.3 is 14.5 Å². The van der Waals surface area contributed by atoms with Crippen molar-refractivity contribution < 1.29 is 18.7 Å². The van der Waals surface area contributed by atoms with Crippen molar-refractivity contribution in [3.8, 4) is 0 Å². The molecule has 0 bridgehead atoms. The smallest absolute Gasteiger partial charge is 0.316 e. The number of carbonyl (C=O) groups excluding carboxylic acids is 2. The van der Waals surface area contributed by atoms with Gasteiger partial charge in [-0.3, -0.25) is 9.59 Å². The largest absolute Gasteiger partial charge is 0.455 e. The summed E-state index contributed by atoms with van der Waals surface area (Å²) >= 11 is 1.14. The van der Waals surface area contributed by atoms with Crippen LogP contribution in [0.2, 0.25) is 0 Å². The topological polar surface area (TPSA) is 81.4 Å². The first-order chi connectivity index (χ1) is 10.3. The average molecular weight is 322 g/mol. The highest BCUT2D eigenvalue weighted by Crippen LogP contribution is 2.22. The van der Waals surface area contributed by atoms with E-state index in [1.165, 1.54) is 0 Å². The quantitative estimate of drug-likeness (QED) is 0.672. The molecule has 0 aliphatic carbocycles. The zero-order chi connectivity index (χ0) is 16.2. The number of esters is 1. The number of thioether (sulfide) groups is 1. The van der Waals surface area contributed by atoms with Gasteiger partial charge in [0.05, 0.1) is 0 Å². The van der Waals surface area contributed by atoms with Gasteiger partial charge in [-0.2, -0.15) is 0 Å². The lowest BCUT2D eigenvalue weighted by Gasteiger charge is -2.20. The molecule has 0 atom stereocenters. The maximum absolute atomic E-state index is 11.6. The molecular formula is C15H18N2O4S. The fourth-order valence-corrected chi connectivity index (χ4v) is 2.31. The van der Waals surface area contributed by atoms with E-state index in [1.807, 2.05) is 45.0 Å². The highest BCUT2D eigenvalue weighted by molar-refractivity contribution is 7.99. The molecular weight excluding hydrogens is 304 g/mol. The number of benzene rings is 1. The second-order valence-electron chi connectivity index (χ2n) is 5.70. The van der Waals surface area contributed by atoms with Gasteiger partial charge in [0.15, 0.2) is 12.2 Å². The maximum Gasteiger partial charge on any atom is 0.316 e. The summed E-state index contributed by atoms with van der Waals surface area (Å²) < 4.78 is 10.4. The predicted octanol–water partition coefficient (Wildman–Crippen LogP) is 2.38. The molecule has 1 N–H and O–H groups in total. The minimum absolute atomic E-state index is 0.0373. The third kappa shape index (κ3) is 5.07. The number of oxazole rings is 1. The van der Waals surface area contributed by atoms with Crippen molar-refractivity contribution in [3.63, 3.8) is 0 Å². The van der Waals surface area contributed by atoms with Crippen LogP contribution in [0.15, 0.2) is 33.9 Å². The molecule has 2 rings (SSSR count). The fraction of sp³-hybridized carbons (Fsp3) is 0.400. The van der Waals surface area contributed by atoms with E-state index in [9.17, 15) is 9.59 Å². The lowest BCUT2D eigenvalue weighted by atomic mass is 10.1. The lowest BCUT2D eigenvalue weighted by molar-refractivity contribution is -0.146. The van der Waals surface area contributed by atoms with E-state index in [0.29, 0.717) is 10.8 Å². The van der Waals surface area contributed by atoms with E-state index in [0.717, 1.165) is 17.3 Å². The number of fused-ring (bicyclic) bond motifs is 1. The molecule has 7 heteroatoms. The third-order valence-electron chi connectivity index (χ3n) is 2.47. The number of nitrogens with zero attached hydrogens (tertiary/aromatic N) is 1. The highest BCUT2D eigenvalue weighted by atomic mass is 32.2. The van der Waals surface area contributed by atoms with E-state index in [2.05, 4.69) is 10.3 Å². The van der Waals surface area contributed by atoms with Crippen LogP contribution in [0.25, 0.3) is 11.1 Å². The van der Waals surface area contributed by atoms with Crippen LogP contribution in [0.3, 0.4) is 0 Å². The van der Waals surface area contributed by atoms with E-state index in [4.69, 9.17) is 9.15 Å². The Morgan fingerprint density at radius 2 is 2.05 bits per heavy atom. The predicted molar refractivity (Wildman–Crippen MR) is 83.6 cm³/mol. The summed E-state index contributed by atoms with van der Waals surface area (Å²) in [5.74, 6) is -0.778. The van der Waals surface area contributed by atoms with Crippen LogP contribution in [-0.2, 0) is 14.3 Å². The molecule has 22 heavy (non-hydrogen) atoms. The summed E-state index contributed by atoms with van der Waals surface area (Å²) in [5, 5.41) is 3.11. The molecule has 0 aliphatic heterocycles. The molecule has 118 valence electrons. The molecule has 0 fully saturated rings. The van der Waals surface area contributed by atoms with Gasteiger partial charge in [0, 0.05) is 5.54 Å². The average Bonchev–Trinajstić information content (AvgIpc) is 2.84. The maximum atomic E-state index is 11.6. The van der Waals surface area contributed by atoms with Crippen molar-refractivity contribution in [1.29, 1.82) is 0 Å². The Morgan fingerprint density at radius 3 is 2.73 bits per heavy atom. The first kappa shape index (κ1) is 16.4. The highest BCUT2D eigenvalue weighted by Gasteiger charge is 2.16. The van der Waals surface area contributed by atoms with E-state index >= 15 is 0 Å². The Bertz CT molecular complexity index is 642. The minimum atomic E-state index is -0.490. The Labute approximate surface area is 132 Å². The van der Waals surface area contributed by atoms with Gasteiger partial charge in [0.25, 0.3) is 11.1 Å². The molecule has 1 heterocycles. The Kier molecular flexibility index (Phi) is 5.07. The summed E-state index contributed by atoms with van der Waals surface area (Å²) in [7, 11) is 0. The van der Waals surface area contributed by atoms with E-state index < -0.39 is 5.97 Å². The molecule has 0 saturated heterocycles. The SMILES string of the molecule is CC(C)(C)NC(=O)COC(=O)CSc1nc2ccccc2o1. The van der Waals surface area contributed by atoms with E-state index in [1.54, 1.807) is 0 Å². The number of ether oxygens (including phenoxy) is 1. The van der Waals surface area contributed by atoms with Crippen molar-refractivity contribution in [2.24, 2.45) is 0 Å². The Morgan fingerprint density at radius 1 is 1.32 bits per heavy atom.